The summed E-state index contributed by atoms with van der Waals surface area (Å²) in [7, 11) is 0. The third-order valence-corrected chi connectivity index (χ3v) is 4.08. The number of anilines is 1. The molecule has 108 valence electrons. The van der Waals surface area contributed by atoms with Gasteiger partial charge in [-0.2, -0.15) is 0 Å². The zero-order chi connectivity index (χ0) is 14.8. The number of alkyl halides is 1. The van der Waals surface area contributed by atoms with Crippen molar-refractivity contribution in [3.8, 4) is 0 Å². The average Bonchev–Trinajstić information content (AvgIpc) is 2.45. The molecule has 2 aromatic rings. The Kier molecular flexibility index (Phi) is 4.12. The Morgan fingerprint density at radius 1 is 1.25 bits per heavy atom. The Labute approximate surface area is 118 Å². The van der Waals surface area contributed by atoms with E-state index in [-0.39, 0.29) is 11.1 Å². The Morgan fingerprint density at radius 3 is 2.55 bits per heavy atom. The second kappa shape index (κ2) is 5.65. The van der Waals surface area contributed by atoms with Gasteiger partial charge in [-0.3, -0.25) is 4.79 Å². The average molecular weight is 276 g/mol. The summed E-state index contributed by atoms with van der Waals surface area (Å²) in [4.78, 5) is 14.3. The number of nitrogens with one attached hydrogen (secondary N) is 2. The first-order valence-electron chi connectivity index (χ1n) is 7.01. The minimum absolute atomic E-state index is 0.0195. The van der Waals surface area contributed by atoms with Gasteiger partial charge in [0, 0.05) is 22.7 Å². The molecule has 3 nitrogen and oxygen atoms in total. The molecule has 2 rings (SSSR count). The topological polar surface area (TPSA) is 44.9 Å². The highest BCUT2D eigenvalue weighted by atomic mass is 19.1. The van der Waals surface area contributed by atoms with E-state index in [1.807, 2.05) is 18.2 Å². The van der Waals surface area contributed by atoms with Gasteiger partial charge in [0.15, 0.2) is 0 Å². The summed E-state index contributed by atoms with van der Waals surface area (Å²) in [5.74, 6) is 0. The Balaban J connectivity index is 2.46. The number of halogens is 1. The minimum Gasteiger partial charge on any atom is -0.380 e. The van der Waals surface area contributed by atoms with E-state index in [1.54, 1.807) is 0 Å². The molecular formula is C16H21FN2O. The van der Waals surface area contributed by atoms with Crippen molar-refractivity contribution in [1.29, 1.82) is 0 Å². The number of benzene rings is 1. The summed E-state index contributed by atoms with van der Waals surface area (Å²) >= 11 is 0. The summed E-state index contributed by atoms with van der Waals surface area (Å²) in [6.07, 6.45) is 2.01. The van der Waals surface area contributed by atoms with Crippen LogP contribution in [0.3, 0.4) is 0 Å². The predicted octanol–water partition coefficient (Wildman–Crippen LogP) is 3.99. The van der Waals surface area contributed by atoms with Crippen molar-refractivity contribution in [2.75, 3.05) is 5.32 Å². The van der Waals surface area contributed by atoms with Crippen LogP contribution in [0.5, 0.6) is 0 Å². The van der Waals surface area contributed by atoms with E-state index in [4.69, 9.17) is 0 Å². The smallest absolute Gasteiger partial charge is 0.248 e. The van der Waals surface area contributed by atoms with E-state index in [1.165, 1.54) is 6.07 Å². The van der Waals surface area contributed by atoms with Gasteiger partial charge in [0.05, 0.1) is 5.52 Å². The molecule has 1 heterocycles. The lowest BCUT2D eigenvalue weighted by molar-refractivity contribution is 0.478. The molecule has 0 saturated heterocycles. The molecule has 0 atom stereocenters. The standard InChI is InChI=1S/C16H21FN2O/c1-4-16(3,5-2)19-12-6-7-13-11(10-17)8-15(20)18-14(13)9-12/h6-9,19H,4-5,10H2,1-3H3,(H,18,20). The van der Waals surface area contributed by atoms with Crippen LogP contribution in [0.25, 0.3) is 10.9 Å². The molecule has 0 spiro atoms. The van der Waals surface area contributed by atoms with Crippen molar-refractivity contribution in [2.45, 2.75) is 45.8 Å². The number of fused-ring (bicyclic) bond motifs is 1. The molecule has 0 unspecified atom stereocenters. The maximum atomic E-state index is 12.9. The van der Waals surface area contributed by atoms with Gasteiger partial charge in [-0.25, -0.2) is 4.39 Å². The molecule has 0 bridgehead atoms. The van der Waals surface area contributed by atoms with Crippen molar-refractivity contribution >= 4 is 16.6 Å². The summed E-state index contributed by atoms with van der Waals surface area (Å²) in [6.45, 7) is 5.81. The van der Waals surface area contributed by atoms with E-state index in [2.05, 4.69) is 31.1 Å². The first-order valence-corrected chi connectivity index (χ1v) is 7.01. The monoisotopic (exact) mass is 276 g/mol. The first-order chi connectivity index (χ1) is 9.51. The predicted molar refractivity (Wildman–Crippen MR) is 82.0 cm³/mol. The van der Waals surface area contributed by atoms with E-state index >= 15 is 0 Å². The summed E-state index contributed by atoms with van der Waals surface area (Å²) < 4.78 is 12.9. The normalized spacial score (nSPS) is 11.8. The van der Waals surface area contributed by atoms with Gasteiger partial charge in [0.25, 0.3) is 0 Å². The van der Waals surface area contributed by atoms with E-state index in [9.17, 15) is 9.18 Å². The maximum absolute atomic E-state index is 12.9. The Bertz CT molecular complexity index is 659. The Hall–Kier alpha value is -1.84. The summed E-state index contributed by atoms with van der Waals surface area (Å²) in [6, 6.07) is 6.98. The van der Waals surface area contributed by atoms with E-state index in [0.29, 0.717) is 11.1 Å². The maximum Gasteiger partial charge on any atom is 0.248 e. The second-order valence-electron chi connectivity index (χ2n) is 5.45. The quantitative estimate of drug-likeness (QED) is 0.867. The zero-order valence-corrected chi connectivity index (χ0v) is 12.2. The zero-order valence-electron chi connectivity index (χ0n) is 12.2. The number of hydrogen-bond acceptors (Lipinski definition) is 2. The van der Waals surface area contributed by atoms with Crippen LogP contribution in [-0.4, -0.2) is 10.5 Å². The van der Waals surface area contributed by atoms with Gasteiger partial charge in [0.2, 0.25) is 5.56 Å². The van der Waals surface area contributed by atoms with Gasteiger partial charge >= 0.3 is 0 Å². The number of H-pyrrole nitrogens is 1. The van der Waals surface area contributed by atoms with Crippen LogP contribution in [0.4, 0.5) is 10.1 Å². The van der Waals surface area contributed by atoms with Crippen molar-refractivity contribution in [3.63, 3.8) is 0 Å². The third-order valence-electron chi connectivity index (χ3n) is 4.08. The molecule has 20 heavy (non-hydrogen) atoms. The van der Waals surface area contributed by atoms with Crippen LogP contribution < -0.4 is 10.9 Å². The molecule has 0 aliphatic rings. The molecule has 0 radical (unpaired) electrons. The van der Waals surface area contributed by atoms with Crippen LogP contribution in [0.2, 0.25) is 0 Å². The SMILES string of the molecule is CCC(C)(CC)Nc1ccc2c(CF)cc(=O)[nH]c2c1. The molecule has 4 heteroatoms. The van der Waals surface area contributed by atoms with E-state index in [0.717, 1.165) is 23.9 Å². The van der Waals surface area contributed by atoms with Gasteiger partial charge in [-0.15, -0.1) is 0 Å². The van der Waals surface area contributed by atoms with E-state index < -0.39 is 6.67 Å². The third kappa shape index (κ3) is 2.84. The molecule has 0 aliphatic carbocycles. The lowest BCUT2D eigenvalue weighted by Crippen LogP contribution is -2.32. The van der Waals surface area contributed by atoms with Crippen LogP contribution in [-0.2, 0) is 6.67 Å². The first kappa shape index (κ1) is 14.6. The minimum atomic E-state index is -0.630. The van der Waals surface area contributed by atoms with Crippen molar-refractivity contribution < 1.29 is 4.39 Å². The van der Waals surface area contributed by atoms with Gasteiger partial charge in [0.1, 0.15) is 6.67 Å². The fourth-order valence-electron chi connectivity index (χ4n) is 2.30. The van der Waals surface area contributed by atoms with Crippen LogP contribution in [0, 0.1) is 0 Å². The molecular weight excluding hydrogens is 255 g/mol. The lowest BCUT2D eigenvalue weighted by Gasteiger charge is -2.29. The molecule has 0 aliphatic heterocycles. The lowest BCUT2D eigenvalue weighted by atomic mass is 9.95. The van der Waals surface area contributed by atoms with Crippen molar-refractivity contribution in [3.05, 3.63) is 40.2 Å². The fraction of sp³-hybridized carbons (Fsp3) is 0.438. The number of aromatic nitrogens is 1. The molecule has 1 aromatic carbocycles. The number of hydrogen-bond donors (Lipinski definition) is 2. The largest absolute Gasteiger partial charge is 0.380 e. The molecule has 0 saturated carbocycles. The second-order valence-corrected chi connectivity index (χ2v) is 5.45. The molecule has 0 fully saturated rings. The number of rotatable bonds is 5. The highest BCUT2D eigenvalue weighted by Crippen LogP contribution is 2.25. The van der Waals surface area contributed by atoms with Crippen LogP contribution in [0.1, 0.15) is 39.2 Å². The summed E-state index contributed by atoms with van der Waals surface area (Å²) in [5.41, 5.74) is 1.80. The van der Waals surface area contributed by atoms with Gasteiger partial charge in [-0.1, -0.05) is 19.9 Å². The summed E-state index contributed by atoms with van der Waals surface area (Å²) in [5, 5.41) is 4.24. The molecule has 1 aromatic heterocycles. The van der Waals surface area contributed by atoms with Crippen molar-refractivity contribution in [1.82, 2.24) is 4.98 Å². The number of pyridine rings is 1. The van der Waals surface area contributed by atoms with Crippen molar-refractivity contribution in [2.24, 2.45) is 0 Å². The fourth-order valence-corrected chi connectivity index (χ4v) is 2.30. The highest BCUT2D eigenvalue weighted by molar-refractivity contribution is 5.85. The molecule has 0 amide bonds. The van der Waals surface area contributed by atoms with Gasteiger partial charge in [-0.05, 0) is 37.5 Å². The van der Waals surface area contributed by atoms with Crippen LogP contribution >= 0.6 is 0 Å². The van der Waals surface area contributed by atoms with Crippen LogP contribution in [0.15, 0.2) is 29.1 Å². The highest BCUT2D eigenvalue weighted by Gasteiger charge is 2.19. The van der Waals surface area contributed by atoms with Gasteiger partial charge < -0.3 is 10.3 Å². The molecule has 2 N–H and O–H groups in total. The number of aromatic amines is 1. The Morgan fingerprint density at radius 2 is 1.95 bits per heavy atom.